The SMILES string of the molecule is O=C1CC(Nc2ccc(C(F)(F)F)cc2)CN1. The van der Waals surface area contributed by atoms with Crippen LogP contribution < -0.4 is 10.6 Å². The molecule has 0 radical (unpaired) electrons. The van der Waals surface area contributed by atoms with E-state index in [1.54, 1.807) is 0 Å². The van der Waals surface area contributed by atoms with Crippen LogP contribution in [0, 0.1) is 0 Å². The summed E-state index contributed by atoms with van der Waals surface area (Å²) in [7, 11) is 0. The van der Waals surface area contributed by atoms with Gasteiger partial charge >= 0.3 is 6.18 Å². The standard InChI is InChI=1S/C11H11F3N2O/c12-11(13,14)7-1-3-8(4-2-7)16-9-5-10(17)15-6-9/h1-4,9,16H,5-6H2,(H,15,17). The highest BCUT2D eigenvalue weighted by Crippen LogP contribution is 2.29. The molecule has 1 aliphatic heterocycles. The molecule has 2 rings (SSSR count). The summed E-state index contributed by atoms with van der Waals surface area (Å²) in [6, 6.07) is 4.72. The maximum absolute atomic E-state index is 12.3. The zero-order chi connectivity index (χ0) is 12.5. The van der Waals surface area contributed by atoms with Crippen molar-refractivity contribution in [3.63, 3.8) is 0 Å². The molecule has 2 N–H and O–H groups in total. The Bertz CT molecular complexity index is 414. The summed E-state index contributed by atoms with van der Waals surface area (Å²) in [4.78, 5) is 10.9. The number of hydrogen-bond acceptors (Lipinski definition) is 2. The predicted octanol–water partition coefficient (Wildman–Crippen LogP) is 2.01. The Morgan fingerprint density at radius 2 is 1.88 bits per heavy atom. The molecule has 1 amide bonds. The number of alkyl halides is 3. The lowest BCUT2D eigenvalue weighted by Gasteiger charge is -2.13. The molecule has 1 aliphatic rings. The van der Waals surface area contributed by atoms with Gasteiger partial charge in [0, 0.05) is 18.7 Å². The molecular formula is C11H11F3N2O. The summed E-state index contributed by atoms with van der Waals surface area (Å²) < 4.78 is 36.9. The largest absolute Gasteiger partial charge is 0.416 e. The van der Waals surface area contributed by atoms with Gasteiger partial charge in [0.05, 0.1) is 11.6 Å². The van der Waals surface area contributed by atoms with Crippen LogP contribution in [0.15, 0.2) is 24.3 Å². The average Bonchev–Trinajstić information content (AvgIpc) is 2.63. The Labute approximate surface area is 96.0 Å². The lowest BCUT2D eigenvalue weighted by molar-refractivity contribution is -0.137. The van der Waals surface area contributed by atoms with Crippen LogP contribution in [0.3, 0.4) is 0 Å². The maximum Gasteiger partial charge on any atom is 0.416 e. The van der Waals surface area contributed by atoms with Crippen molar-refractivity contribution in [2.45, 2.75) is 18.6 Å². The van der Waals surface area contributed by atoms with E-state index in [0.29, 0.717) is 18.7 Å². The summed E-state index contributed by atoms with van der Waals surface area (Å²) in [5, 5.41) is 5.64. The van der Waals surface area contributed by atoms with Crippen molar-refractivity contribution >= 4 is 11.6 Å². The van der Waals surface area contributed by atoms with Crippen molar-refractivity contribution in [3.8, 4) is 0 Å². The first kappa shape index (κ1) is 11.8. The Morgan fingerprint density at radius 1 is 1.24 bits per heavy atom. The number of amides is 1. The van der Waals surface area contributed by atoms with Gasteiger partial charge in [0.15, 0.2) is 0 Å². The average molecular weight is 244 g/mol. The second-order valence-electron chi connectivity index (χ2n) is 3.92. The smallest absolute Gasteiger partial charge is 0.380 e. The van der Waals surface area contributed by atoms with Crippen molar-refractivity contribution in [3.05, 3.63) is 29.8 Å². The summed E-state index contributed by atoms with van der Waals surface area (Å²) in [5.74, 6) is -0.0468. The topological polar surface area (TPSA) is 41.1 Å². The lowest BCUT2D eigenvalue weighted by Crippen LogP contribution is -2.22. The van der Waals surface area contributed by atoms with Crippen LogP contribution in [0.25, 0.3) is 0 Å². The van der Waals surface area contributed by atoms with E-state index in [1.807, 2.05) is 0 Å². The van der Waals surface area contributed by atoms with Crippen LogP contribution in [-0.4, -0.2) is 18.5 Å². The van der Waals surface area contributed by atoms with Crippen LogP contribution in [0.4, 0.5) is 18.9 Å². The summed E-state index contributed by atoms with van der Waals surface area (Å²) in [6.45, 7) is 0.500. The van der Waals surface area contributed by atoms with E-state index in [1.165, 1.54) is 12.1 Å². The fraction of sp³-hybridized carbons (Fsp3) is 0.364. The van der Waals surface area contributed by atoms with Gasteiger partial charge in [-0.1, -0.05) is 0 Å². The fourth-order valence-corrected chi connectivity index (χ4v) is 1.70. The van der Waals surface area contributed by atoms with Crippen LogP contribution >= 0.6 is 0 Å². The molecule has 1 aromatic carbocycles. The van der Waals surface area contributed by atoms with Gasteiger partial charge in [0.25, 0.3) is 0 Å². The Kier molecular flexibility index (Phi) is 2.95. The summed E-state index contributed by atoms with van der Waals surface area (Å²) in [6.07, 6.45) is -3.97. The molecule has 1 aromatic rings. The quantitative estimate of drug-likeness (QED) is 0.835. The number of carbonyl (C=O) groups excluding carboxylic acids is 1. The first-order valence-corrected chi connectivity index (χ1v) is 5.15. The van der Waals surface area contributed by atoms with Crippen LogP contribution in [-0.2, 0) is 11.0 Å². The molecule has 6 heteroatoms. The first-order chi connectivity index (χ1) is 7.95. The molecule has 1 unspecified atom stereocenters. The number of hydrogen-bond donors (Lipinski definition) is 2. The van der Waals surface area contributed by atoms with Crippen molar-refractivity contribution in [2.24, 2.45) is 0 Å². The first-order valence-electron chi connectivity index (χ1n) is 5.15. The minimum absolute atomic E-state index is 0.0468. The third kappa shape index (κ3) is 2.89. The Balaban J connectivity index is 2.01. The fourth-order valence-electron chi connectivity index (χ4n) is 1.70. The van der Waals surface area contributed by atoms with Gasteiger partial charge in [-0.2, -0.15) is 13.2 Å². The van der Waals surface area contributed by atoms with E-state index in [4.69, 9.17) is 0 Å². The second kappa shape index (κ2) is 4.27. The molecule has 0 aliphatic carbocycles. The number of nitrogens with one attached hydrogen (secondary N) is 2. The molecule has 1 atom stereocenters. The Morgan fingerprint density at radius 3 is 2.35 bits per heavy atom. The minimum atomic E-state index is -4.32. The third-order valence-electron chi connectivity index (χ3n) is 2.56. The van der Waals surface area contributed by atoms with Crippen molar-refractivity contribution in [1.29, 1.82) is 0 Å². The summed E-state index contributed by atoms with van der Waals surface area (Å²) in [5.41, 5.74) is -0.0943. The monoisotopic (exact) mass is 244 g/mol. The Hall–Kier alpha value is -1.72. The highest BCUT2D eigenvalue weighted by Gasteiger charge is 2.30. The van der Waals surface area contributed by atoms with Gasteiger partial charge in [-0.15, -0.1) is 0 Å². The van der Waals surface area contributed by atoms with E-state index in [2.05, 4.69) is 10.6 Å². The van der Waals surface area contributed by atoms with Gasteiger partial charge in [-0.3, -0.25) is 4.79 Å². The van der Waals surface area contributed by atoms with Crippen molar-refractivity contribution in [2.75, 3.05) is 11.9 Å². The maximum atomic E-state index is 12.3. The molecule has 17 heavy (non-hydrogen) atoms. The van der Waals surface area contributed by atoms with Gasteiger partial charge < -0.3 is 10.6 Å². The minimum Gasteiger partial charge on any atom is -0.380 e. The molecule has 0 bridgehead atoms. The molecule has 0 saturated carbocycles. The zero-order valence-electron chi connectivity index (χ0n) is 8.84. The van der Waals surface area contributed by atoms with E-state index in [-0.39, 0.29) is 11.9 Å². The summed E-state index contributed by atoms with van der Waals surface area (Å²) >= 11 is 0. The van der Waals surface area contributed by atoms with Gasteiger partial charge in [0.1, 0.15) is 0 Å². The van der Waals surface area contributed by atoms with Crippen LogP contribution in [0.2, 0.25) is 0 Å². The highest BCUT2D eigenvalue weighted by atomic mass is 19.4. The zero-order valence-corrected chi connectivity index (χ0v) is 8.84. The molecule has 3 nitrogen and oxygen atoms in total. The van der Waals surface area contributed by atoms with E-state index in [0.717, 1.165) is 12.1 Å². The van der Waals surface area contributed by atoms with E-state index >= 15 is 0 Å². The second-order valence-corrected chi connectivity index (χ2v) is 3.92. The van der Waals surface area contributed by atoms with E-state index < -0.39 is 11.7 Å². The van der Waals surface area contributed by atoms with Crippen LogP contribution in [0.1, 0.15) is 12.0 Å². The van der Waals surface area contributed by atoms with Gasteiger partial charge in [-0.05, 0) is 24.3 Å². The molecule has 0 aromatic heterocycles. The van der Waals surface area contributed by atoms with Crippen LogP contribution in [0.5, 0.6) is 0 Å². The van der Waals surface area contributed by atoms with Gasteiger partial charge in [0.2, 0.25) is 5.91 Å². The number of benzene rings is 1. The van der Waals surface area contributed by atoms with Crippen molar-refractivity contribution in [1.82, 2.24) is 5.32 Å². The molecule has 0 spiro atoms. The van der Waals surface area contributed by atoms with E-state index in [9.17, 15) is 18.0 Å². The lowest BCUT2D eigenvalue weighted by atomic mass is 10.2. The number of carbonyl (C=O) groups is 1. The molecule has 1 saturated heterocycles. The predicted molar refractivity (Wildman–Crippen MR) is 56.5 cm³/mol. The molecular weight excluding hydrogens is 233 g/mol. The van der Waals surface area contributed by atoms with Gasteiger partial charge in [-0.25, -0.2) is 0 Å². The number of anilines is 1. The third-order valence-corrected chi connectivity index (χ3v) is 2.56. The highest BCUT2D eigenvalue weighted by molar-refractivity contribution is 5.79. The number of rotatable bonds is 2. The molecule has 92 valence electrons. The van der Waals surface area contributed by atoms with Crippen molar-refractivity contribution < 1.29 is 18.0 Å². The molecule has 1 fully saturated rings. The normalized spacial score (nSPS) is 20.2. The number of halogens is 3. The molecule has 1 heterocycles.